The molecule has 2 aliphatic heterocycles. The van der Waals surface area contributed by atoms with E-state index in [9.17, 15) is 14.4 Å². The monoisotopic (exact) mass is 423 g/mol. The smallest absolute Gasteiger partial charge is 0.335 e. The van der Waals surface area contributed by atoms with E-state index in [-0.39, 0.29) is 11.7 Å². The van der Waals surface area contributed by atoms with Crippen LogP contribution in [0.15, 0.2) is 35.9 Å². The molecule has 4 rings (SSSR count). The standard InChI is InChI=1S/C23H25N3O5/c1-14-10-16(15(2)25(14)13-19-8-5-9-31-19)11-20-21(27)24-23(29)26(22(20)28)17-6-4-7-18(12-17)30-3/h4,6-7,10-12,19H,5,8-9,13H2,1-3H3,(H,24,27,29)/b20-11+/t19-/m1/s1. The first-order chi connectivity index (χ1) is 14.9. The lowest BCUT2D eigenvalue weighted by Crippen LogP contribution is -2.54. The topological polar surface area (TPSA) is 89.9 Å². The third kappa shape index (κ3) is 3.98. The lowest BCUT2D eigenvalue weighted by Gasteiger charge is -2.26. The van der Waals surface area contributed by atoms with E-state index in [0.29, 0.717) is 11.4 Å². The van der Waals surface area contributed by atoms with Gasteiger partial charge in [-0.1, -0.05) is 6.07 Å². The Hall–Kier alpha value is -3.39. The number of barbiturate groups is 1. The molecule has 1 aromatic carbocycles. The second-order valence-electron chi connectivity index (χ2n) is 7.73. The number of rotatable bonds is 5. The summed E-state index contributed by atoms with van der Waals surface area (Å²) in [6.07, 6.45) is 3.80. The first-order valence-electron chi connectivity index (χ1n) is 10.2. The number of amides is 4. The number of aryl methyl sites for hydroxylation is 1. The van der Waals surface area contributed by atoms with Crippen molar-refractivity contribution >= 4 is 29.6 Å². The first-order valence-corrected chi connectivity index (χ1v) is 10.2. The molecule has 1 N–H and O–H groups in total. The molecule has 2 fully saturated rings. The van der Waals surface area contributed by atoms with Crippen molar-refractivity contribution in [3.05, 3.63) is 52.9 Å². The van der Waals surface area contributed by atoms with Crippen LogP contribution in [-0.4, -0.2) is 42.2 Å². The van der Waals surface area contributed by atoms with Crippen LogP contribution >= 0.6 is 0 Å². The third-order valence-corrected chi connectivity index (χ3v) is 5.74. The highest BCUT2D eigenvalue weighted by molar-refractivity contribution is 6.39. The summed E-state index contributed by atoms with van der Waals surface area (Å²) in [6.45, 7) is 5.45. The average Bonchev–Trinajstić information content (AvgIpc) is 3.35. The highest BCUT2D eigenvalue weighted by Gasteiger charge is 2.37. The average molecular weight is 423 g/mol. The van der Waals surface area contributed by atoms with E-state index >= 15 is 0 Å². The maximum absolute atomic E-state index is 13.1. The number of nitrogens with zero attached hydrogens (tertiary/aromatic N) is 2. The van der Waals surface area contributed by atoms with Crippen molar-refractivity contribution < 1.29 is 23.9 Å². The first kappa shape index (κ1) is 20.9. The fraction of sp³-hybridized carbons (Fsp3) is 0.348. The van der Waals surface area contributed by atoms with Gasteiger partial charge in [0.2, 0.25) is 0 Å². The largest absolute Gasteiger partial charge is 0.497 e. The van der Waals surface area contributed by atoms with Crippen LogP contribution in [0.25, 0.3) is 6.08 Å². The number of anilines is 1. The molecule has 0 spiro atoms. The SMILES string of the molecule is COc1cccc(N2C(=O)NC(=O)/C(=C\c3cc(C)n(C[C@H]4CCCO4)c3C)C2=O)c1. The molecule has 0 saturated carbocycles. The van der Waals surface area contributed by atoms with E-state index in [2.05, 4.69) is 9.88 Å². The number of nitrogens with one attached hydrogen (secondary N) is 1. The van der Waals surface area contributed by atoms with Gasteiger partial charge in [-0.3, -0.25) is 14.9 Å². The molecule has 4 amide bonds. The van der Waals surface area contributed by atoms with Crippen molar-refractivity contribution in [1.82, 2.24) is 9.88 Å². The Labute approximate surface area is 180 Å². The van der Waals surface area contributed by atoms with Crippen molar-refractivity contribution in [2.24, 2.45) is 0 Å². The quantitative estimate of drug-likeness (QED) is 0.590. The van der Waals surface area contributed by atoms with E-state index in [1.54, 1.807) is 30.3 Å². The Morgan fingerprint density at radius 1 is 1.23 bits per heavy atom. The number of methoxy groups -OCH3 is 1. The van der Waals surface area contributed by atoms with Crippen molar-refractivity contribution in [3.63, 3.8) is 0 Å². The maximum Gasteiger partial charge on any atom is 0.335 e. The number of ether oxygens (including phenoxy) is 2. The Bertz CT molecular complexity index is 1080. The van der Waals surface area contributed by atoms with Crippen molar-refractivity contribution in [2.75, 3.05) is 18.6 Å². The highest BCUT2D eigenvalue weighted by atomic mass is 16.5. The molecular weight excluding hydrogens is 398 g/mol. The van der Waals surface area contributed by atoms with Crippen LogP contribution in [-0.2, 0) is 20.9 Å². The molecule has 0 aliphatic carbocycles. The zero-order chi connectivity index (χ0) is 22.1. The fourth-order valence-electron chi connectivity index (χ4n) is 4.04. The molecule has 2 saturated heterocycles. The molecule has 3 heterocycles. The lowest BCUT2D eigenvalue weighted by atomic mass is 10.1. The molecule has 8 heteroatoms. The van der Waals surface area contributed by atoms with Crippen molar-refractivity contribution in [2.45, 2.75) is 39.3 Å². The summed E-state index contributed by atoms with van der Waals surface area (Å²) in [6, 6.07) is 7.71. The number of carbonyl (C=O) groups excluding carboxylic acids is 3. The van der Waals surface area contributed by atoms with Gasteiger partial charge in [-0.2, -0.15) is 0 Å². The van der Waals surface area contributed by atoms with E-state index in [1.807, 2.05) is 19.9 Å². The zero-order valence-electron chi connectivity index (χ0n) is 17.8. The normalized spacial score (nSPS) is 20.5. The summed E-state index contributed by atoms with van der Waals surface area (Å²) in [7, 11) is 1.50. The zero-order valence-corrected chi connectivity index (χ0v) is 17.8. The van der Waals surface area contributed by atoms with E-state index in [4.69, 9.17) is 9.47 Å². The number of hydrogen-bond acceptors (Lipinski definition) is 5. The Morgan fingerprint density at radius 2 is 2.03 bits per heavy atom. The van der Waals surface area contributed by atoms with Gasteiger partial charge in [0, 0.05) is 30.6 Å². The fourth-order valence-corrected chi connectivity index (χ4v) is 4.04. The van der Waals surface area contributed by atoms with Gasteiger partial charge < -0.3 is 14.0 Å². The summed E-state index contributed by atoms with van der Waals surface area (Å²) in [4.78, 5) is 39.0. The van der Waals surface area contributed by atoms with Crippen molar-refractivity contribution in [3.8, 4) is 5.75 Å². The summed E-state index contributed by atoms with van der Waals surface area (Å²) >= 11 is 0. The summed E-state index contributed by atoms with van der Waals surface area (Å²) < 4.78 is 13.1. The predicted octanol–water partition coefficient (Wildman–Crippen LogP) is 2.96. The van der Waals surface area contributed by atoms with E-state index < -0.39 is 17.8 Å². The second kappa shape index (κ2) is 8.39. The highest BCUT2D eigenvalue weighted by Crippen LogP contribution is 2.27. The molecule has 1 atom stereocenters. The van der Waals surface area contributed by atoms with Gasteiger partial charge in [0.1, 0.15) is 11.3 Å². The minimum absolute atomic E-state index is 0.0974. The molecule has 8 nitrogen and oxygen atoms in total. The van der Waals surface area contributed by atoms with Gasteiger partial charge in [0.25, 0.3) is 11.8 Å². The molecule has 2 aromatic rings. The van der Waals surface area contributed by atoms with Gasteiger partial charge in [-0.25, -0.2) is 9.69 Å². The number of hydrogen-bond donors (Lipinski definition) is 1. The second-order valence-corrected chi connectivity index (χ2v) is 7.73. The maximum atomic E-state index is 13.1. The van der Waals surface area contributed by atoms with Crippen LogP contribution in [0.2, 0.25) is 0 Å². The molecule has 2 aliphatic rings. The van der Waals surface area contributed by atoms with E-state index in [0.717, 1.165) is 47.8 Å². The Kier molecular flexibility index (Phi) is 5.65. The number of imide groups is 2. The Balaban J connectivity index is 1.67. The number of benzene rings is 1. The molecule has 0 radical (unpaired) electrons. The van der Waals surface area contributed by atoms with Crippen LogP contribution < -0.4 is 15.0 Å². The molecular formula is C23H25N3O5. The van der Waals surface area contributed by atoms with Crippen LogP contribution in [0.3, 0.4) is 0 Å². The third-order valence-electron chi connectivity index (χ3n) is 5.74. The van der Waals surface area contributed by atoms with Gasteiger partial charge in [0.05, 0.1) is 18.9 Å². The minimum atomic E-state index is -0.788. The predicted molar refractivity (Wildman–Crippen MR) is 115 cm³/mol. The van der Waals surface area contributed by atoms with Crippen LogP contribution in [0.5, 0.6) is 5.75 Å². The summed E-state index contributed by atoms with van der Waals surface area (Å²) in [5.41, 5.74) is 2.94. The van der Waals surface area contributed by atoms with Crippen LogP contribution in [0, 0.1) is 13.8 Å². The van der Waals surface area contributed by atoms with Gasteiger partial charge in [-0.05, 0) is 56.5 Å². The summed E-state index contributed by atoms with van der Waals surface area (Å²) in [5.74, 6) is -0.887. The van der Waals surface area contributed by atoms with E-state index in [1.165, 1.54) is 7.11 Å². The Morgan fingerprint density at radius 3 is 2.74 bits per heavy atom. The molecule has 0 unspecified atom stereocenters. The van der Waals surface area contributed by atoms with Crippen LogP contribution in [0.4, 0.5) is 10.5 Å². The van der Waals surface area contributed by atoms with Crippen molar-refractivity contribution in [1.29, 1.82) is 0 Å². The van der Waals surface area contributed by atoms with Gasteiger partial charge in [0.15, 0.2) is 0 Å². The molecule has 31 heavy (non-hydrogen) atoms. The lowest BCUT2D eigenvalue weighted by molar-refractivity contribution is -0.122. The number of carbonyl (C=O) groups is 3. The van der Waals surface area contributed by atoms with Gasteiger partial charge >= 0.3 is 6.03 Å². The minimum Gasteiger partial charge on any atom is -0.497 e. The number of urea groups is 1. The van der Waals surface area contributed by atoms with Gasteiger partial charge in [-0.15, -0.1) is 0 Å². The summed E-state index contributed by atoms with van der Waals surface area (Å²) in [5, 5.41) is 2.26. The van der Waals surface area contributed by atoms with Crippen LogP contribution in [0.1, 0.15) is 29.8 Å². The molecule has 0 bridgehead atoms. The molecule has 1 aromatic heterocycles. The molecule has 162 valence electrons. The number of aromatic nitrogens is 1.